The molecule has 0 unspecified atom stereocenters. The van der Waals surface area contributed by atoms with Crippen molar-refractivity contribution in [2.45, 2.75) is 13.8 Å². The minimum Gasteiger partial charge on any atom is -0.494 e. The Morgan fingerprint density at radius 3 is 2.04 bits per heavy atom. The molecule has 138 valence electrons. The van der Waals surface area contributed by atoms with Gasteiger partial charge >= 0.3 is 12.0 Å². The van der Waals surface area contributed by atoms with E-state index >= 15 is 0 Å². The molecule has 7 heteroatoms. The molecule has 2 rings (SSSR count). The lowest BCUT2D eigenvalue weighted by Crippen LogP contribution is -2.32. The number of nitrogens with one attached hydrogen (secondary N) is 2. The van der Waals surface area contributed by atoms with Gasteiger partial charge in [0.1, 0.15) is 11.5 Å². The van der Waals surface area contributed by atoms with Gasteiger partial charge in [0.2, 0.25) is 0 Å². The van der Waals surface area contributed by atoms with E-state index in [1.54, 1.807) is 55.5 Å². The van der Waals surface area contributed by atoms with Crippen molar-refractivity contribution in [1.82, 2.24) is 5.32 Å². The predicted octanol–water partition coefficient (Wildman–Crippen LogP) is 3.42. The van der Waals surface area contributed by atoms with E-state index in [0.717, 1.165) is 5.75 Å². The second-order valence-corrected chi connectivity index (χ2v) is 5.12. The van der Waals surface area contributed by atoms with Gasteiger partial charge in [-0.05, 0) is 62.4 Å². The van der Waals surface area contributed by atoms with E-state index in [0.29, 0.717) is 30.2 Å². The average molecular weight is 358 g/mol. The number of benzene rings is 2. The zero-order valence-electron chi connectivity index (χ0n) is 14.8. The molecule has 0 radical (unpaired) electrons. The average Bonchev–Trinajstić information content (AvgIpc) is 2.64. The summed E-state index contributed by atoms with van der Waals surface area (Å²) in [4.78, 5) is 23.4. The number of carbonyl (C=O) groups excluding carboxylic acids is 2. The van der Waals surface area contributed by atoms with Gasteiger partial charge in [0.05, 0.1) is 18.8 Å². The van der Waals surface area contributed by atoms with Crippen molar-refractivity contribution in [3.05, 3.63) is 54.1 Å². The van der Waals surface area contributed by atoms with Crippen molar-refractivity contribution < 1.29 is 23.8 Å². The van der Waals surface area contributed by atoms with Gasteiger partial charge in [-0.15, -0.1) is 0 Å². The number of amides is 2. The Bertz CT molecular complexity index is 714. The highest BCUT2D eigenvalue weighted by molar-refractivity contribution is 5.92. The van der Waals surface area contributed by atoms with Crippen molar-refractivity contribution in [3.8, 4) is 11.5 Å². The fourth-order valence-corrected chi connectivity index (χ4v) is 2.06. The molecule has 2 aromatic carbocycles. The van der Waals surface area contributed by atoms with E-state index < -0.39 is 12.0 Å². The molecule has 7 nitrogen and oxygen atoms in total. The van der Waals surface area contributed by atoms with Crippen LogP contribution in [0.4, 0.5) is 10.5 Å². The fourth-order valence-electron chi connectivity index (χ4n) is 2.06. The molecular weight excluding hydrogens is 336 g/mol. The third-order valence-corrected chi connectivity index (χ3v) is 3.26. The smallest absolute Gasteiger partial charge is 0.338 e. The molecule has 0 aliphatic carbocycles. The molecule has 2 aromatic rings. The van der Waals surface area contributed by atoms with E-state index in [1.807, 2.05) is 6.92 Å². The van der Waals surface area contributed by atoms with Crippen LogP contribution < -0.4 is 20.1 Å². The summed E-state index contributed by atoms with van der Waals surface area (Å²) in [5.41, 5.74) is 0.980. The molecular formula is C19H22N2O5. The third-order valence-electron chi connectivity index (χ3n) is 3.26. The number of hydrogen-bond donors (Lipinski definition) is 2. The van der Waals surface area contributed by atoms with Crippen LogP contribution in [0.3, 0.4) is 0 Å². The minimum atomic E-state index is -0.417. The van der Waals surface area contributed by atoms with Crippen molar-refractivity contribution in [2.75, 3.05) is 25.3 Å². The van der Waals surface area contributed by atoms with Crippen LogP contribution in [0.1, 0.15) is 24.2 Å². The van der Waals surface area contributed by atoms with Gasteiger partial charge in [0.25, 0.3) is 0 Å². The second-order valence-electron chi connectivity index (χ2n) is 5.12. The van der Waals surface area contributed by atoms with Crippen molar-refractivity contribution in [3.63, 3.8) is 0 Å². The summed E-state index contributed by atoms with van der Waals surface area (Å²) in [6.45, 7) is 4.59. The highest BCUT2D eigenvalue weighted by Crippen LogP contribution is 2.17. The van der Waals surface area contributed by atoms with Gasteiger partial charge in [-0.2, -0.15) is 0 Å². The minimum absolute atomic E-state index is 0.0146. The van der Waals surface area contributed by atoms with Crippen LogP contribution in [0.2, 0.25) is 0 Å². The van der Waals surface area contributed by atoms with Gasteiger partial charge in [0, 0.05) is 5.69 Å². The maximum atomic E-state index is 11.8. The molecule has 0 bridgehead atoms. The maximum absolute atomic E-state index is 11.8. The first kappa shape index (κ1) is 19.1. The third kappa shape index (κ3) is 6.01. The zero-order chi connectivity index (χ0) is 18.8. The lowest BCUT2D eigenvalue weighted by atomic mass is 10.2. The van der Waals surface area contributed by atoms with Gasteiger partial charge in [-0.1, -0.05) is 0 Å². The number of esters is 1. The van der Waals surface area contributed by atoms with Crippen LogP contribution in [-0.2, 0) is 4.74 Å². The van der Waals surface area contributed by atoms with Crippen LogP contribution in [0.25, 0.3) is 0 Å². The highest BCUT2D eigenvalue weighted by Gasteiger charge is 2.07. The monoisotopic (exact) mass is 358 g/mol. The Morgan fingerprint density at radius 1 is 0.846 bits per heavy atom. The summed E-state index contributed by atoms with van der Waals surface area (Å²) in [5, 5.41) is 5.23. The lowest BCUT2D eigenvalue weighted by Gasteiger charge is -2.10. The van der Waals surface area contributed by atoms with E-state index in [1.165, 1.54) is 0 Å². The molecule has 0 saturated heterocycles. The summed E-state index contributed by atoms with van der Waals surface area (Å²) in [7, 11) is 0. The Balaban J connectivity index is 1.75. The van der Waals surface area contributed by atoms with Gasteiger partial charge in [0.15, 0.2) is 6.73 Å². The Labute approximate surface area is 152 Å². The molecule has 0 fully saturated rings. The number of rotatable bonds is 8. The number of hydrogen-bond acceptors (Lipinski definition) is 5. The molecule has 0 saturated carbocycles. The Morgan fingerprint density at radius 2 is 1.46 bits per heavy atom. The SMILES string of the molecule is CCOC(=O)c1ccc(NC(=O)NCOc2ccc(OCC)cc2)cc1. The van der Waals surface area contributed by atoms with Crippen LogP contribution in [0.5, 0.6) is 11.5 Å². The predicted molar refractivity (Wildman–Crippen MR) is 97.7 cm³/mol. The number of urea groups is 1. The lowest BCUT2D eigenvalue weighted by molar-refractivity contribution is 0.0526. The quantitative estimate of drug-likeness (QED) is 0.558. The number of ether oxygens (including phenoxy) is 3. The van der Waals surface area contributed by atoms with Crippen LogP contribution >= 0.6 is 0 Å². The standard InChI is InChI=1S/C19H22N2O5/c1-3-24-16-9-11-17(12-10-16)26-13-20-19(23)21-15-7-5-14(6-8-15)18(22)25-4-2/h5-12H,3-4,13H2,1-2H3,(H2,20,21,23). The van der Waals surface area contributed by atoms with Crippen LogP contribution in [0, 0.1) is 0 Å². The largest absolute Gasteiger partial charge is 0.494 e. The van der Waals surface area contributed by atoms with E-state index in [4.69, 9.17) is 14.2 Å². The molecule has 0 heterocycles. The van der Waals surface area contributed by atoms with Crippen molar-refractivity contribution >= 4 is 17.7 Å². The second kappa shape index (κ2) is 9.93. The molecule has 2 amide bonds. The molecule has 26 heavy (non-hydrogen) atoms. The van der Waals surface area contributed by atoms with Crippen molar-refractivity contribution in [1.29, 1.82) is 0 Å². The fraction of sp³-hybridized carbons (Fsp3) is 0.263. The maximum Gasteiger partial charge on any atom is 0.338 e. The highest BCUT2D eigenvalue weighted by atomic mass is 16.5. The van der Waals surface area contributed by atoms with Crippen LogP contribution in [-0.4, -0.2) is 31.9 Å². The Kier molecular flexibility index (Phi) is 7.30. The molecule has 0 aromatic heterocycles. The van der Waals surface area contributed by atoms with E-state index in [-0.39, 0.29) is 6.73 Å². The summed E-state index contributed by atoms with van der Waals surface area (Å²) in [5.74, 6) is 0.983. The van der Waals surface area contributed by atoms with E-state index in [2.05, 4.69) is 10.6 Å². The topological polar surface area (TPSA) is 85.9 Å². The summed E-state index contributed by atoms with van der Waals surface area (Å²) >= 11 is 0. The Hall–Kier alpha value is -3.22. The molecule has 0 atom stereocenters. The van der Waals surface area contributed by atoms with Gasteiger partial charge in [-0.25, -0.2) is 9.59 Å². The summed E-state index contributed by atoms with van der Waals surface area (Å²) in [6, 6.07) is 13.1. The molecule has 0 spiro atoms. The van der Waals surface area contributed by atoms with Gasteiger partial charge in [-0.3, -0.25) is 0 Å². The first-order valence-corrected chi connectivity index (χ1v) is 8.30. The molecule has 2 N–H and O–H groups in total. The summed E-state index contributed by atoms with van der Waals surface area (Å²) in [6.07, 6.45) is 0. The normalized spacial score (nSPS) is 9.92. The summed E-state index contributed by atoms with van der Waals surface area (Å²) < 4.78 is 15.7. The number of carbonyl (C=O) groups is 2. The van der Waals surface area contributed by atoms with Crippen molar-refractivity contribution in [2.24, 2.45) is 0 Å². The molecule has 0 aliphatic rings. The zero-order valence-corrected chi connectivity index (χ0v) is 14.8. The first-order chi connectivity index (χ1) is 12.6. The number of anilines is 1. The van der Waals surface area contributed by atoms with Crippen LogP contribution in [0.15, 0.2) is 48.5 Å². The van der Waals surface area contributed by atoms with Gasteiger partial charge < -0.3 is 24.8 Å². The molecule has 0 aliphatic heterocycles. The first-order valence-electron chi connectivity index (χ1n) is 8.30. The van der Waals surface area contributed by atoms with E-state index in [9.17, 15) is 9.59 Å².